The van der Waals surface area contributed by atoms with Gasteiger partial charge >= 0.3 is 0 Å². The van der Waals surface area contributed by atoms with Gasteiger partial charge in [-0.15, -0.1) is 0 Å². The summed E-state index contributed by atoms with van der Waals surface area (Å²) in [5.74, 6) is 0.00546. The van der Waals surface area contributed by atoms with Crippen LogP contribution in [0.1, 0.15) is 19.8 Å². The number of carbonyl (C=O) groups excluding carboxylic acids is 1. The van der Waals surface area contributed by atoms with Gasteiger partial charge in [0.2, 0.25) is 12.5 Å². The third kappa shape index (κ3) is 2.68. The zero-order valence-corrected chi connectivity index (χ0v) is 7.73. The summed E-state index contributed by atoms with van der Waals surface area (Å²) in [4.78, 5) is 22.9. The minimum atomic E-state index is -0.334. The zero-order valence-electron chi connectivity index (χ0n) is 7.73. The van der Waals surface area contributed by atoms with E-state index in [1.807, 2.05) is 6.92 Å². The second-order valence-electron chi connectivity index (χ2n) is 3.35. The minimum Gasteiger partial charge on any atom is -0.343 e. The molecule has 1 fully saturated rings. The van der Waals surface area contributed by atoms with E-state index < -0.39 is 0 Å². The molecule has 0 aromatic carbocycles. The predicted octanol–water partition coefficient (Wildman–Crippen LogP) is 0.522. The normalized spacial score (nSPS) is 23.3. The van der Waals surface area contributed by atoms with E-state index in [2.05, 4.69) is 0 Å². The van der Waals surface area contributed by atoms with Gasteiger partial charge < -0.3 is 4.90 Å². The van der Waals surface area contributed by atoms with Gasteiger partial charge in [-0.1, -0.05) is 0 Å². The highest BCUT2D eigenvalue weighted by Crippen LogP contribution is 2.17. The van der Waals surface area contributed by atoms with Gasteiger partial charge in [0.05, 0.1) is 0 Å². The van der Waals surface area contributed by atoms with Gasteiger partial charge in [-0.2, -0.15) is 0 Å². The van der Waals surface area contributed by atoms with Crippen molar-refractivity contribution in [3.05, 3.63) is 10.1 Å². The summed E-state index contributed by atoms with van der Waals surface area (Å²) in [6, 6.07) is 0. The van der Waals surface area contributed by atoms with Gasteiger partial charge in [0.1, 0.15) is 0 Å². The van der Waals surface area contributed by atoms with E-state index in [4.69, 9.17) is 0 Å². The van der Waals surface area contributed by atoms with Crippen LogP contribution in [0.15, 0.2) is 0 Å². The summed E-state index contributed by atoms with van der Waals surface area (Å²) in [5, 5.41) is 10.2. The number of piperidine rings is 1. The third-order valence-corrected chi connectivity index (χ3v) is 2.41. The van der Waals surface area contributed by atoms with Crippen molar-refractivity contribution in [1.29, 1.82) is 0 Å². The van der Waals surface area contributed by atoms with Crippen molar-refractivity contribution in [2.75, 3.05) is 19.6 Å². The predicted molar refractivity (Wildman–Crippen MR) is 46.8 cm³/mol. The van der Waals surface area contributed by atoms with Crippen LogP contribution in [-0.4, -0.2) is 35.4 Å². The molecule has 1 heterocycles. The number of nitrogens with zero attached hydrogens (tertiary/aromatic N) is 2. The van der Waals surface area contributed by atoms with E-state index >= 15 is 0 Å². The molecule has 13 heavy (non-hydrogen) atoms. The monoisotopic (exact) mass is 186 g/mol. The molecule has 74 valence electrons. The van der Waals surface area contributed by atoms with Crippen LogP contribution in [0.3, 0.4) is 0 Å². The minimum absolute atomic E-state index is 0.0506. The van der Waals surface area contributed by atoms with Crippen LogP contribution in [0.4, 0.5) is 0 Å². The first-order valence-corrected chi connectivity index (χ1v) is 4.53. The number of amides is 1. The summed E-state index contributed by atoms with van der Waals surface area (Å²) in [6.07, 6.45) is 1.11. The molecule has 0 aliphatic carbocycles. The molecular weight excluding hydrogens is 172 g/mol. The Hall–Kier alpha value is -1.13. The number of likely N-dealkylation sites (tertiary alicyclic amines) is 1. The third-order valence-electron chi connectivity index (χ3n) is 2.41. The molecular formula is C8H14N2O3. The van der Waals surface area contributed by atoms with Crippen molar-refractivity contribution >= 4 is 5.91 Å². The van der Waals surface area contributed by atoms with Gasteiger partial charge in [-0.25, -0.2) is 0 Å². The first-order chi connectivity index (χ1) is 6.13. The van der Waals surface area contributed by atoms with Crippen molar-refractivity contribution in [3.8, 4) is 0 Å². The topological polar surface area (TPSA) is 63.4 Å². The molecule has 0 N–H and O–H groups in total. The molecule has 0 radical (unpaired) electrons. The largest absolute Gasteiger partial charge is 0.343 e. The molecule has 0 spiro atoms. The van der Waals surface area contributed by atoms with Crippen molar-refractivity contribution in [2.45, 2.75) is 19.8 Å². The summed E-state index contributed by atoms with van der Waals surface area (Å²) in [6.45, 7) is 3.24. The number of carbonyl (C=O) groups is 1. The van der Waals surface area contributed by atoms with Gasteiger partial charge in [0.25, 0.3) is 0 Å². The van der Waals surface area contributed by atoms with Crippen molar-refractivity contribution in [1.82, 2.24) is 4.90 Å². The maximum absolute atomic E-state index is 11.3. The summed E-state index contributed by atoms with van der Waals surface area (Å²) in [7, 11) is 0. The second kappa shape index (κ2) is 4.20. The van der Waals surface area contributed by atoms with E-state index in [-0.39, 0.29) is 23.3 Å². The van der Waals surface area contributed by atoms with E-state index in [0.29, 0.717) is 19.5 Å². The Morgan fingerprint density at radius 2 is 2.38 bits per heavy atom. The molecule has 1 rings (SSSR count). The zero-order chi connectivity index (χ0) is 9.84. The Morgan fingerprint density at radius 1 is 1.69 bits per heavy atom. The highest BCUT2D eigenvalue weighted by Gasteiger charge is 2.27. The molecule has 1 amide bonds. The molecule has 0 aromatic heterocycles. The first-order valence-electron chi connectivity index (χ1n) is 4.53. The fourth-order valence-corrected chi connectivity index (χ4v) is 1.64. The van der Waals surface area contributed by atoms with Gasteiger partial charge in [0.15, 0.2) is 0 Å². The lowest BCUT2D eigenvalue weighted by Crippen LogP contribution is -2.40. The average molecular weight is 186 g/mol. The van der Waals surface area contributed by atoms with E-state index in [9.17, 15) is 14.9 Å². The Bertz CT molecular complexity index is 217. The molecule has 0 bridgehead atoms. The van der Waals surface area contributed by atoms with E-state index in [1.165, 1.54) is 0 Å². The van der Waals surface area contributed by atoms with Crippen LogP contribution < -0.4 is 0 Å². The lowest BCUT2D eigenvalue weighted by Gasteiger charge is -2.28. The van der Waals surface area contributed by atoms with Crippen LogP contribution >= 0.6 is 0 Å². The molecule has 1 aliphatic rings. The Morgan fingerprint density at radius 3 is 2.85 bits per heavy atom. The van der Waals surface area contributed by atoms with Gasteiger partial charge in [-0.05, 0) is 13.3 Å². The van der Waals surface area contributed by atoms with Crippen LogP contribution in [-0.2, 0) is 4.79 Å². The standard InChI is InChI=1S/C8H14N2O3/c1-2-9-4-3-7(5-8(9)11)6-10(12)13/h7H,2-6H2,1H3. The van der Waals surface area contributed by atoms with E-state index in [0.717, 1.165) is 6.42 Å². The Labute approximate surface area is 76.9 Å². The molecule has 1 saturated heterocycles. The summed E-state index contributed by atoms with van der Waals surface area (Å²) >= 11 is 0. The molecule has 1 atom stereocenters. The fourth-order valence-electron chi connectivity index (χ4n) is 1.64. The lowest BCUT2D eigenvalue weighted by molar-refractivity contribution is -0.488. The van der Waals surface area contributed by atoms with Crippen molar-refractivity contribution in [3.63, 3.8) is 0 Å². The molecule has 1 aliphatic heterocycles. The molecule has 5 nitrogen and oxygen atoms in total. The number of rotatable bonds is 3. The SMILES string of the molecule is CCN1CCC(C[N+](=O)[O-])CC1=O. The first kappa shape index (κ1) is 9.95. The molecule has 0 saturated carbocycles. The number of nitro groups is 1. The van der Waals surface area contributed by atoms with Crippen LogP contribution in [0.5, 0.6) is 0 Å². The molecule has 0 aromatic rings. The quantitative estimate of drug-likeness (QED) is 0.477. The number of hydrogen-bond acceptors (Lipinski definition) is 3. The highest BCUT2D eigenvalue weighted by molar-refractivity contribution is 5.77. The van der Waals surface area contributed by atoms with Crippen molar-refractivity contribution in [2.24, 2.45) is 5.92 Å². The summed E-state index contributed by atoms with van der Waals surface area (Å²) in [5.41, 5.74) is 0. The van der Waals surface area contributed by atoms with Gasteiger partial charge in [-0.3, -0.25) is 14.9 Å². The Balaban J connectivity index is 2.41. The maximum atomic E-state index is 11.3. The van der Waals surface area contributed by atoms with Crippen LogP contribution in [0, 0.1) is 16.0 Å². The highest BCUT2D eigenvalue weighted by atomic mass is 16.6. The molecule has 5 heteroatoms. The van der Waals surface area contributed by atoms with Crippen LogP contribution in [0.2, 0.25) is 0 Å². The number of hydrogen-bond donors (Lipinski definition) is 0. The smallest absolute Gasteiger partial charge is 0.223 e. The summed E-state index contributed by atoms with van der Waals surface area (Å²) < 4.78 is 0. The lowest BCUT2D eigenvalue weighted by atomic mass is 9.96. The maximum Gasteiger partial charge on any atom is 0.223 e. The average Bonchev–Trinajstić information content (AvgIpc) is 2.03. The van der Waals surface area contributed by atoms with Crippen molar-refractivity contribution < 1.29 is 9.72 Å². The Kier molecular flexibility index (Phi) is 3.22. The van der Waals surface area contributed by atoms with Crippen LogP contribution in [0.25, 0.3) is 0 Å². The van der Waals surface area contributed by atoms with Gasteiger partial charge in [0, 0.05) is 30.4 Å². The fraction of sp³-hybridized carbons (Fsp3) is 0.875. The molecule has 1 unspecified atom stereocenters. The second-order valence-corrected chi connectivity index (χ2v) is 3.35. The van der Waals surface area contributed by atoms with E-state index in [1.54, 1.807) is 4.90 Å².